The molecule has 9 atom stereocenters. The van der Waals surface area contributed by atoms with Gasteiger partial charge in [-0.15, -0.1) is 11.8 Å². The number of nitrogens with one attached hydrogen (secondary N) is 5. The smallest absolute Gasteiger partial charge is 0.343 e. The molecule has 0 radical (unpaired) electrons. The number of carbonyl (C=O) groups is 9. The van der Waals surface area contributed by atoms with Crippen molar-refractivity contribution >= 4 is 87.7 Å². The molecule has 1 aromatic carbocycles. The van der Waals surface area contributed by atoms with Crippen molar-refractivity contribution < 1.29 is 82.5 Å². The molecule has 8 amide bonds. The van der Waals surface area contributed by atoms with E-state index in [0.29, 0.717) is 51.5 Å². The molecule has 6 heterocycles. The van der Waals surface area contributed by atoms with Crippen molar-refractivity contribution in [1.29, 1.82) is 0 Å². The number of benzene rings is 1. The zero-order valence-electron chi connectivity index (χ0n) is 45.5. The average molecular weight is 1180 g/mol. The van der Waals surface area contributed by atoms with E-state index in [2.05, 4.69) is 26.6 Å². The summed E-state index contributed by atoms with van der Waals surface area (Å²) in [5, 5.41) is 67.0. The number of thioether (sulfide) groups is 2. The summed E-state index contributed by atoms with van der Waals surface area (Å²) in [4.78, 5) is 138. The van der Waals surface area contributed by atoms with Crippen LogP contribution >= 0.6 is 23.5 Å². The number of halogens is 1. The minimum Gasteiger partial charge on any atom is -0.458 e. The molecule has 0 aliphatic carbocycles. The fourth-order valence-electron chi connectivity index (χ4n) is 9.62. The van der Waals surface area contributed by atoms with Gasteiger partial charge in [0.15, 0.2) is 5.60 Å². The van der Waals surface area contributed by atoms with Crippen LogP contribution in [-0.2, 0) is 77.1 Å². The van der Waals surface area contributed by atoms with Crippen molar-refractivity contribution in [2.75, 3.05) is 44.1 Å². The molecule has 82 heavy (non-hydrogen) atoms. The molecule has 1 fully saturated rings. The van der Waals surface area contributed by atoms with Gasteiger partial charge in [-0.1, -0.05) is 6.92 Å². The number of amides is 8. The summed E-state index contributed by atoms with van der Waals surface area (Å²) < 4.78 is 27.4. The first-order valence-corrected chi connectivity index (χ1v) is 28.7. The predicted molar refractivity (Wildman–Crippen MR) is 292 cm³/mol. The highest BCUT2D eigenvalue weighted by molar-refractivity contribution is 7.99. The number of fused-ring (bicyclic) bond motifs is 5. The number of aliphatic hydroxyl groups excluding tert-OH is 4. The van der Waals surface area contributed by atoms with Gasteiger partial charge in [-0.3, -0.25) is 48.1 Å². The standard InChI is InChI=1S/C53H66FN9O17S2/c1-6-53(78)32-17-36-43-29(19-63(36)51(76)30(32)22-79-52(53)77)31(28-16-25(2)33(54)18-35(28)59-43)23-81-14-7-15-82-24-55-46(72)26(3)57-49(75)50-60-47(73)27(4)56-48(74)34(58-39(67)12-13-62-41(69)10-11-42(62)70)8-9-40(68)61(5)20-37(65)44(71)45(80-50)38(66)21-64/h10-11,16-18,26-27,34,37-38,44-45,50,64-66,71,78H,6-9,12-15,19-24H2,1-5H3,(H,55,72)(H,56,74)(H,57,75)(H,58,67)(H,60,73)/t26-,27-,34-,37-,38+,44+,45+,50-,53-/m0/s1. The Kier molecular flexibility index (Phi) is 20.7. The number of aryl methyl sites for hydroxylation is 1. The van der Waals surface area contributed by atoms with Crippen LogP contribution in [-0.4, -0.2) is 191 Å². The van der Waals surface area contributed by atoms with Crippen LogP contribution in [0.25, 0.3) is 22.3 Å². The molecule has 7 rings (SSSR count). The van der Waals surface area contributed by atoms with E-state index >= 15 is 0 Å². The van der Waals surface area contributed by atoms with Crippen molar-refractivity contribution in [2.45, 2.75) is 133 Å². The first-order valence-electron chi connectivity index (χ1n) is 26.4. The maximum absolute atomic E-state index is 15.0. The molecule has 4 aliphatic heterocycles. The number of nitrogens with zero attached hydrogens (tertiary/aromatic N) is 4. The average Bonchev–Trinajstić information content (AvgIpc) is 4.16. The van der Waals surface area contributed by atoms with Crippen molar-refractivity contribution in [1.82, 2.24) is 45.9 Å². The molecule has 0 bridgehead atoms. The zero-order chi connectivity index (χ0) is 59.9. The van der Waals surface area contributed by atoms with Gasteiger partial charge in [0, 0.05) is 73.5 Å². The van der Waals surface area contributed by atoms with E-state index in [1.807, 2.05) is 0 Å². The number of hydrogen-bond donors (Lipinski definition) is 10. The molecule has 1 saturated heterocycles. The second-order valence-corrected chi connectivity index (χ2v) is 22.5. The van der Waals surface area contributed by atoms with Gasteiger partial charge in [-0.25, -0.2) is 14.2 Å². The molecule has 2 aromatic heterocycles. The Balaban J connectivity index is 0.953. The Morgan fingerprint density at radius 3 is 2.40 bits per heavy atom. The molecule has 4 aliphatic rings. The van der Waals surface area contributed by atoms with Gasteiger partial charge >= 0.3 is 5.97 Å². The topological polar surface area (TPSA) is 375 Å². The van der Waals surface area contributed by atoms with Gasteiger partial charge in [0.05, 0.1) is 41.5 Å². The number of esters is 1. The summed E-state index contributed by atoms with van der Waals surface area (Å²) in [7, 11) is 1.24. The highest BCUT2D eigenvalue weighted by Crippen LogP contribution is 2.41. The summed E-state index contributed by atoms with van der Waals surface area (Å²) in [6, 6.07) is 0.365. The van der Waals surface area contributed by atoms with Gasteiger partial charge in [-0.05, 0) is 74.8 Å². The van der Waals surface area contributed by atoms with Crippen LogP contribution in [0.2, 0.25) is 0 Å². The number of hydrogen-bond acceptors (Lipinski definition) is 20. The SMILES string of the molecule is CC[C@@]1(O)C(=O)OCc2c1cc1n(c2=O)Cc2c-1nc1cc(F)c(C)cc1c2CSCCCSCNC(=O)[C@H](C)NC(=O)[C@H]1NC(=O)[C@H](C)NC(=O)[C@@H](NC(=O)CCN2C(=O)C=CC2=O)CCC(=O)N(C)C[C@H](O)[C@@H](O)[C@@H]([C@H](O)CO)O1. The van der Waals surface area contributed by atoms with Gasteiger partial charge in [0.1, 0.15) is 55.0 Å². The highest BCUT2D eigenvalue weighted by Gasteiger charge is 2.46. The van der Waals surface area contributed by atoms with Crippen LogP contribution in [0.1, 0.15) is 80.7 Å². The van der Waals surface area contributed by atoms with Crippen molar-refractivity contribution in [3.8, 4) is 11.4 Å². The second kappa shape index (κ2) is 27.0. The van der Waals surface area contributed by atoms with Crippen LogP contribution < -0.4 is 32.1 Å². The minimum atomic E-state index is -2.18. The van der Waals surface area contributed by atoms with E-state index in [9.17, 15) is 77.9 Å². The lowest BCUT2D eigenvalue weighted by Gasteiger charge is -2.34. The maximum Gasteiger partial charge on any atom is 0.343 e. The minimum absolute atomic E-state index is 0.0290. The van der Waals surface area contributed by atoms with Gasteiger partial charge in [0.2, 0.25) is 35.8 Å². The third-order valence-corrected chi connectivity index (χ3v) is 16.5. The van der Waals surface area contributed by atoms with Crippen LogP contribution in [0.4, 0.5) is 4.39 Å². The quantitative estimate of drug-likeness (QED) is 0.0221. The van der Waals surface area contributed by atoms with Crippen LogP contribution in [0.3, 0.4) is 0 Å². The molecule has 3 aromatic rings. The number of aliphatic hydroxyl groups is 5. The number of likely N-dealkylation sites (N-methyl/N-ethyl adjacent to an activating group) is 1. The summed E-state index contributed by atoms with van der Waals surface area (Å²) >= 11 is 2.95. The summed E-state index contributed by atoms with van der Waals surface area (Å²) in [5.74, 6) is -6.29. The largest absolute Gasteiger partial charge is 0.458 e. The molecule has 444 valence electrons. The number of ether oxygens (including phenoxy) is 2. The molecule has 26 nitrogen and oxygen atoms in total. The number of cyclic esters (lactones) is 1. The van der Waals surface area contributed by atoms with Crippen molar-refractivity contribution in [3.63, 3.8) is 0 Å². The summed E-state index contributed by atoms with van der Waals surface area (Å²) in [5.41, 5.74) is 1.12. The second-order valence-electron chi connectivity index (χ2n) is 20.2. The molecule has 29 heteroatoms. The molecule has 0 spiro atoms. The number of imide groups is 1. The number of β-amino-alcohol motifs (C(OH)–C–C–N with tert-alkyl or cyclic N) is 1. The monoisotopic (exact) mass is 1180 g/mol. The van der Waals surface area contributed by atoms with Gasteiger partial charge in [0.25, 0.3) is 23.3 Å². The first kappa shape index (κ1) is 62.7. The van der Waals surface area contributed by atoms with Crippen LogP contribution in [0, 0.1) is 12.7 Å². The van der Waals surface area contributed by atoms with E-state index in [4.69, 9.17) is 14.5 Å². The Bertz CT molecular complexity index is 3110. The molecular formula is C53H66FN9O17S2. The molecule has 10 N–H and O–H groups in total. The fraction of sp³-hybridized carbons (Fsp3) is 0.528. The van der Waals surface area contributed by atoms with E-state index in [0.717, 1.165) is 33.1 Å². The summed E-state index contributed by atoms with van der Waals surface area (Å²) in [6.07, 6.45) is -8.73. The van der Waals surface area contributed by atoms with E-state index in [-0.39, 0.29) is 49.5 Å². The van der Waals surface area contributed by atoms with Crippen molar-refractivity contribution in [2.24, 2.45) is 0 Å². The highest BCUT2D eigenvalue weighted by atomic mass is 32.2. The predicted octanol–water partition coefficient (Wildman–Crippen LogP) is -2.08. The summed E-state index contributed by atoms with van der Waals surface area (Å²) in [6.45, 7) is 3.60. The van der Waals surface area contributed by atoms with Crippen LogP contribution in [0.5, 0.6) is 0 Å². The number of carbonyl (C=O) groups excluding carboxylic acids is 9. The Morgan fingerprint density at radius 2 is 1.71 bits per heavy atom. The van der Waals surface area contributed by atoms with E-state index in [1.54, 1.807) is 37.7 Å². The number of aromatic nitrogens is 2. The number of pyridine rings is 2. The molecule has 0 unspecified atom stereocenters. The van der Waals surface area contributed by atoms with E-state index in [1.165, 1.54) is 43.3 Å². The first-order chi connectivity index (χ1) is 38.9. The van der Waals surface area contributed by atoms with Crippen LogP contribution in [0.15, 0.2) is 35.1 Å². The lowest BCUT2D eigenvalue weighted by Crippen LogP contribution is -2.61. The number of rotatable bonds is 18. The fourth-order valence-corrected chi connectivity index (χ4v) is 11.6. The molecule has 0 saturated carbocycles. The Morgan fingerprint density at radius 1 is 1.00 bits per heavy atom. The normalized spacial score (nSPS) is 24.0. The van der Waals surface area contributed by atoms with Gasteiger partial charge < -0.3 is 71.1 Å². The molecular weight excluding hydrogens is 1120 g/mol. The lowest BCUT2D eigenvalue weighted by atomic mass is 9.86. The third kappa shape index (κ3) is 14.0. The maximum atomic E-state index is 15.0. The van der Waals surface area contributed by atoms with E-state index < -0.39 is 145 Å². The Labute approximate surface area is 477 Å². The third-order valence-electron chi connectivity index (χ3n) is 14.5. The zero-order valence-corrected chi connectivity index (χ0v) is 47.2. The lowest BCUT2D eigenvalue weighted by molar-refractivity contribution is -0.181. The van der Waals surface area contributed by atoms with Gasteiger partial charge in [-0.2, -0.15) is 11.8 Å². The van der Waals surface area contributed by atoms with Crippen molar-refractivity contribution in [3.05, 3.63) is 74.3 Å². The Hall–Kier alpha value is -6.86.